The zero-order valence-corrected chi connectivity index (χ0v) is 16.9. The van der Waals surface area contributed by atoms with Crippen molar-refractivity contribution in [2.24, 2.45) is 4.99 Å². The number of morpholine rings is 1. The van der Waals surface area contributed by atoms with E-state index in [2.05, 4.69) is 55.4 Å². The maximum atomic E-state index is 5.47. The predicted molar refractivity (Wildman–Crippen MR) is 107 cm³/mol. The van der Waals surface area contributed by atoms with Crippen molar-refractivity contribution in [2.75, 3.05) is 46.5 Å². The molecule has 1 aromatic rings. The van der Waals surface area contributed by atoms with Gasteiger partial charge >= 0.3 is 0 Å². The Bertz CT molecular complexity index is 595. The van der Waals surface area contributed by atoms with Crippen LogP contribution in [0.4, 0.5) is 0 Å². The molecule has 0 saturated carbocycles. The van der Waals surface area contributed by atoms with Crippen LogP contribution in [0.15, 0.2) is 23.2 Å². The van der Waals surface area contributed by atoms with Gasteiger partial charge < -0.3 is 20.1 Å². The van der Waals surface area contributed by atoms with Crippen molar-refractivity contribution in [1.82, 2.24) is 15.5 Å². The summed E-state index contributed by atoms with van der Waals surface area (Å²) in [5, 5.41) is 6.83. The third-order valence-corrected chi connectivity index (χ3v) is 4.78. The zero-order valence-electron chi connectivity index (χ0n) is 16.9. The fraction of sp³-hybridized carbons (Fsp3) is 0.650. The van der Waals surface area contributed by atoms with Crippen LogP contribution in [0.1, 0.15) is 31.9 Å². The molecule has 0 spiro atoms. The summed E-state index contributed by atoms with van der Waals surface area (Å²) in [6.45, 7) is 14.6. The third kappa shape index (κ3) is 5.88. The van der Waals surface area contributed by atoms with E-state index in [4.69, 9.17) is 14.5 Å². The lowest BCUT2D eigenvalue weighted by Gasteiger charge is -2.41. The van der Waals surface area contributed by atoms with Crippen molar-refractivity contribution in [1.29, 1.82) is 0 Å². The highest BCUT2D eigenvalue weighted by molar-refractivity contribution is 5.79. The Hall–Kier alpha value is -1.79. The summed E-state index contributed by atoms with van der Waals surface area (Å²) in [5.74, 6) is 1.76. The predicted octanol–water partition coefficient (Wildman–Crippen LogP) is 2.17. The number of guanidine groups is 1. The number of aryl methyl sites for hydroxylation is 1. The standard InChI is InChI=1S/C20H34N4O2/c1-6-21-19(22-14-17-7-8-18(25-5)16(2)13-17)23-15-20(3,4)24-9-11-26-12-10-24/h7-8,13H,6,9-12,14-15H2,1-5H3,(H2,21,22,23). The molecular formula is C20H34N4O2. The molecule has 2 rings (SSSR count). The fourth-order valence-corrected chi connectivity index (χ4v) is 3.13. The van der Waals surface area contributed by atoms with E-state index in [0.717, 1.165) is 56.7 Å². The Morgan fingerprint density at radius 1 is 1.27 bits per heavy atom. The molecule has 1 heterocycles. The molecule has 6 nitrogen and oxygen atoms in total. The normalized spacial score (nSPS) is 16.4. The van der Waals surface area contributed by atoms with Crippen LogP contribution in [0.5, 0.6) is 5.75 Å². The van der Waals surface area contributed by atoms with Gasteiger partial charge in [-0.25, -0.2) is 4.99 Å². The van der Waals surface area contributed by atoms with Crippen LogP contribution < -0.4 is 15.4 Å². The van der Waals surface area contributed by atoms with Crippen LogP contribution in [0.2, 0.25) is 0 Å². The molecule has 0 atom stereocenters. The number of hydrogen-bond donors (Lipinski definition) is 2. The fourth-order valence-electron chi connectivity index (χ4n) is 3.13. The number of methoxy groups -OCH3 is 1. The van der Waals surface area contributed by atoms with E-state index in [1.165, 1.54) is 5.56 Å². The minimum absolute atomic E-state index is 0.0523. The summed E-state index contributed by atoms with van der Waals surface area (Å²) in [5.41, 5.74) is 2.36. The number of rotatable bonds is 7. The van der Waals surface area contributed by atoms with Crippen molar-refractivity contribution in [3.8, 4) is 5.75 Å². The number of ether oxygens (including phenoxy) is 2. The number of nitrogens with zero attached hydrogens (tertiary/aromatic N) is 2. The molecule has 0 amide bonds. The minimum Gasteiger partial charge on any atom is -0.496 e. The minimum atomic E-state index is 0.0523. The Kier molecular flexibility index (Phi) is 7.72. The number of hydrogen-bond acceptors (Lipinski definition) is 4. The highest BCUT2D eigenvalue weighted by Crippen LogP contribution is 2.19. The van der Waals surface area contributed by atoms with Crippen molar-refractivity contribution in [3.05, 3.63) is 29.3 Å². The molecule has 0 aromatic heterocycles. The van der Waals surface area contributed by atoms with E-state index < -0.39 is 0 Å². The van der Waals surface area contributed by atoms with Crippen LogP contribution in [0, 0.1) is 6.92 Å². The second kappa shape index (κ2) is 9.78. The van der Waals surface area contributed by atoms with Gasteiger partial charge in [-0.05, 0) is 44.9 Å². The molecule has 1 saturated heterocycles. The second-order valence-electron chi connectivity index (χ2n) is 7.26. The summed E-state index contributed by atoms with van der Waals surface area (Å²) in [6.07, 6.45) is 0. The first kappa shape index (κ1) is 20.5. The first-order valence-electron chi connectivity index (χ1n) is 9.44. The van der Waals surface area contributed by atoms with E-state index >= 15 is 0 Å². The van der Waals surface area contributed by atoms with Gasteiger partial charge in [0.25, 0.3) is 0 Å². The van der Waals surface area contributed by atoms with Crippen molar-refractivity contribution in [2.45, 2.75) is 39.8 Å². The molecule has 0 aliphatic carbocycles. The van der Waals surface area contributed by atoms with Gasteiger partial charge in [0.05, 0.1) is 26.9 Å². The quantitative estimate of drug-likeness (QED) is 0.575. The smallest absolute Gasteiger partial charge is 0.191 e. The van der Waals surface area contributed by atoms with Gasteiger partial charge in [0.15, 0.2) is 5.96 Å². The lowest BCUT2D eigenvalue weighted by molar-refractivity contribution is -0.00834. The number of nitrogens with one attached hydrogen (secondary N) is 2. The van der Waals surface area contributed by atoms with Crippen molar-refractivity contribution < 1.29 is 9.47 Å². The van der Waals surface area contributed by atoms with Crippen molar-refractivity contribution in [3.63, 3.8) is 0 Å². The van der Waals surface area contributed by atoms with Crippen molar-refractivity contribution >= 4 is 5.96 Å². The van der Waals surface area contributed by atoms with E-state index in [1.807, 2.05) is 6.07 Å². The maximum absolute atomic E-state index is 5.47. The maximum Gasteiger partial charge on any atom is 0.191 e. The molecule has 0 radical (unpaired) electrons. The molecule has 0 bridgehead atoms. The number of aliphatic imine (C=N–C) groups is 1. The van der Waals surface area contributed by atoms with Gasteiger partial charge in [0.2, 0.25) is 0 Å². The Morgan fingerprint density at radius 2 is 2.00 bits per heavy atom. The van der Waals surface area contributed by atoms with E-state index in [1.54, 1.807) is 7.11 Å². The van der Waals surface area contributed by atoms with Gasteiger partial charge in [-0.3, -0.25) is 4.90 Å². The Balaban J connectivity index is 1.96. The van der Waals surface area contributed by atoms with Gasteiger partial charge in [0.1, 0.15) is 5.75 Å². The molecule has 1 aliphatic heterocycles. The molecule has 1 fully saturated rings. The summed E-state index contributed by atoms with van der Waals surface area (Å²) < 4.78 is 10.8. The van der Waals surface area contributed by atoms with Gasteiger partial charge in [-0.15, -0.1) is 0 Å². The summed E-state index contributed by atoms with van der Waals surface area (Å²) >= 11 is 0. The first-order valence-corrected chi connectivity index (χ1v) is 9.44. The summed E-state index contributed by atoms with van der Waals surface area (Å²) in [4.78, 5) is 7.21. The van der Waals surface area contributed by atoms with Crippen LogP contribution >= 0.6 is 0 Å². The lowest BCUT2D eigenvalue weighted by Crippen LogP contribution is -2.56. The Morgan fingerprint density at radius 3 is 2.62 bits per heavy atom. The van der Waals surface area contributed by atoms with Crippen LogP contribution in [0.3, 0.4) is 0 Å². The highest BCUT2D eigenvalue weighted by Gasteiger charge is 2.28. The second-order valence-corrected chi connectivity index (χ2v) is 7.26. The van der Waals surface area contributed by atoms with Crippen LogP contribution in [-0.4, -0.2) is 62.9 Å². The van der Waals surface area contributed by atoms with Gasteiger partial charge in [0, 0.05) is 31.7 Å². The Labute approximate surface area is 158 Å². The van der Waals surface area contributed by atoms with Crippen LogP contribution in [0.25, 0.3) is 0 Å². The monoisotopic (exact) mass is 362 g/mol. The number of benzene rings is 1. The molecule has 1 aromatic carbocycles. The van der Waals surface area contributed by atoms with Crippen LogP contribution in [-0.2, 0) is 11.3 Å². The average Bonchev–Trinajstić information content (AvgIpc) is 2.65. The molecule has 146 valence electrons. The van der Waals surface area contributed by atoms with E-state index in [9.17, 15) is 0 Å². The first-order chi connectivity index (χ1) is 12.5. The summed E-state index contributed by atoms with van der Waals surface area (Å²) in [7, 11) is 1.70. The SMILES string of the molecule is CCNC(=NCc1ccc(OC)c(C)c1)NCC(C)(C)N1CCOCC1. The van der Waals surface area contributed by atoms with Gasteiger partial charge in [-0.1, -0.05) is 12.1 Å². The molecular weight excluding hydrogens is 328 g/mol. The average molecular weight is 363 g/mol. The topological polar surface area (TPSA) is 58.1 Å². The van der Waals surface area contributed by atoms with Gasteiger partial charge in [-0.2, -0.15) is 0 Å². The molecule has 1 aliphatic rings. The summed E-state index contributed by atoms with van der Waals surface area (Å²) in [6, 6.07) is 6.20. The molecule has 6 heteroatoms. The molecule has 0 unspecified atom stereocenters. The molecule has 2 N–H and O–H groups in total. The highest BCUT2D eigenvalue weighted by atomic mass is 16.5. The van der Waals surface area contributed by atoms with E-state index in [-0.39, 0.29) is 5.54 Å². The van der Waals surface area contributed by atoms with E-state index in [0.29, 0.717) is 6.54 Å². The lowest BCUT2D eigenvalue weighted by atomic mass is 10.0. The zero-order chi connectivity index (χ0) is 19.0. The molecule has 26 heavy (non-hydrogen) atoms. The third-order valence-electron chi connectivity index (χ3n) is 4.78. The largest absolute Gasteiger partial charge is 0.496 e.